The maximum absolute atomic E-state index is 13.3. The van der Waals surface area contributed by atoms with E-state index >= 15 is 0 Å². The molecule has 8 aliphatic carbocycles. The first kappa shape index (κ1) is 88.9. The van der Waals surface area contributed by atoms with Crippen LogP contribution in [0.5, 0.6) is 0 Å². The van der Waals surface area contributed by atoms with Crippen LogP contribution in [0.25, 0.3) is 0 Å². The van der Waals surface area contributed by atoms with E-state index in [0.29, 0.717) is 10.9 Å². The molecule has 14 nitrogen and oxygen atoms in total. The third-order valence-electron chi connectivity index (χ3n) is 22.1. The van der Waals surface area contributed by atoms with Crippen molar-refractivity contribution in [2.45, 2.75) is 150 Å². The van der Waals surface area contributed by atoms with E-state index in [9.17, 15) is 92.4 Å². The number of benzene rings is 7. The first-order chi connectivity index (χ1) is 53.5. The number of quaternary nitrogens is 1. The number of esters is 2. The fraction of sp³-hybridized carbons (Fsp3) is 0.476. The number of para-hydroxylation sites is 5. The van der Waals surface area contributed by atoms with E-state index in [2.05, 4.69) is 228 Å². The minimum atomic E-state index is -6.32. The maximum atomic E-state index is 13.3. The Bertz CT molecular complexity index is 4160. The van der Waals surface area contributed by atoms with Crippen molar-refractivity contribution in [2.24, 2.45) is 46.3 Å². The molecule has 620 valence electrons. The highest BCUT2D eigenvalue weighted by atomic mass is 32.2. The number of rotatable bonds is 17. The molecule has 2 saturated heterocycles. The van der Waals surface area contributed by atoms with Crippen LogP contribution in [0, 0.1) is 46.3 Å². The Hall–Kier alpha value is -7.48. The Balaban J connectivity index is 0.000000151. The van der Waals surface area contributed by atoms with Crippen LogP contribution in [0.15, 0.2) is 211 Å². The van der Waals surface area contributed by atoms with Gasteiger partial charge < -0.3 is 32.9 Å². The second kappa shape index (κ2) is 36.6. The summed E-state index contributed by atoms with van der Waals surface area (Å²) < 4.78 is 244. The summed E-state index contributed by atoms with van der Waals surface area (Å²) in [5.41, 5.74) is -5.20. The third-order valence-corrected chi connectivity index (χ3v) is 27.6. The van der Waals surface area contributed by atoms with Crippen molar-refractivity contribution in [1.82, 2.24) is 0 Å². The Labute approximate surface area is 664 Å². The van der Waals surface area contributed by atoms with Gasteiger partial charge in [-0.3, -0.25) is 13.8 Å². The van der Waals surface area contributed by atoms with Crippen molar-refractivity contribution in [1.29, 1.82) is 0 Å². The Morgan fingerprint density at radius 2 is 0.658 bits per heavy atom. The zero-order valence-electron chi connectivity index (χ0n) is 63.4. The van der Waals surface area contributed by atoms with Gasteiger partial charge in [-0.25, -0.2) is 16.8 Å². The summed E-state index contributed by atoms with van der Waals surface area (Å²) in [5, 5.41) is 0. The van der Waals surface area contributed by atoms with Gasteiger partial charge in [0.1, 0.15) is 18.1 Å². The Morgan fingerprint density at radius 1 is 0.412 bits per heavy atom. The zero-order chi connectivity index (χ0) is 82.8. The fourth-order valence-electron chi connectivity index (χ4n) is 17.9. The summed E-state index contributed by atoms with van der Waals surface area (Å²) in [6.45, 7) is 1.10. The lowest BCUT2D eigenvalue weighted by atomic mass is 9.49. The van der Waals surface area contributed by atoms with Crippen LogP contribution in [-0.2, 0) is 67.5 Å². The van der Waals surface area contributed by atoms with Crippen molar-refractivity contribution in [3.05, 3.63) is 212 Å². The molecule has 7 aromatic carbocycles. The van der Waals surface area contributed by atoms with Gasteiger partial charge in [-0.1, -0.05) is 121 Å². The van der Waals surface area contributed by atoms with E-state index in [1.165, 1.54) is 81.8 Å². The summed E-state index contributed by atoms with van der Waals surface area (Å²) >= 11 is 0. The number of carbonyl (C=O) groups is 2. The molecule has 7 aromatic rings. The molecule has 0 radical (unpaired) electrons. The van der Waals surface area contributed by atoms with E-state index in [-0.39, 0.29) is 74.0 Å². The lowest BCUT2D eigenvalue weighted by Gasteiger charge is -2.55. The van der Waals surface area contributed by atoms with Crippen LogP contribution in [-0.4, -0.2) is 138 Å². The molecule has 114 heavy (non-hydrogen) atoms. The molecule has 0 atom stereocenters. The van der Waals surface area contributed by atoms with Gasteiger partial charge >= 0.3 is 47.8 Å². The van der Waals surface area contributed by atoms with E-state index < -0.39 is 101 Å². The van der Waals surface area contributed by atoms with Gasteiger partial charge in [-0.2, -0.15) is 52.7 Å². The Morgan fingerprint density at radius 3 is 0.877 bits per heavy atom. The van der Waals surface area contributed by atoms with Crippen molar-refractivity contribution >= 4 is 88.0 Å². The van der Waals surface area contributed by atoms with Crippen LogP contribution in [0.1, 0.15) is 108 Å². The van der Waals surface area contributed by atoms with Crippen LogP contribution in [0.4, 0.5) is 86.8 Å². The molecule has 0 unspecified atom stereocenters. The number of nitrogens with zero attached hydrogens (tertiary/aromatic N) is 3. The first-order valence-electron chi connectivity index (χ1n) is 37.9. The van der Waals surface area contributed by atoms with Gasteiger partial charge in [0.05, 0.1) is 63.7 Å². The number of ether oxygens (including phenoxy) is 2. The predicted molar refractivity (Wildman–Crippen MR) is 414 cm³/mol. The molecule has 0 aromatic heterocycles. The average Bonchev–Trinajstić information content (AvgIpc) is 1.04. The second-order valence-electron chi connectivity index (χ2n) is 32.2. The lowest BCUT2D eigenvalue weighted by Crippen LogP contribution is -2.65. The van der Waals surface area contributed by atoms with Gasteiger partial charge in [0.15, 0.2) is 4.90 Å². The van der Waals surface area contributed by atoms with E-state index in [4.69, 9.17) is 0 Å². The lowest BCUT2D eigenvalue weighted by molar-refractivity contribution is -0.884. The van der Waals surface area contributed by atoms with Crippen LogP contribution in [0.2, 0.25) is 0 Å². The number of anilines is 6. The summed E-state index contributed by atoms with van der Waals surface area (Å²) in [7, 11) is -5.37. The highest BCUT2D eigenvalue weighted by molar-refractivity contribution is 7.97. The van der Waals surface area contributed by atoms with Crippen LogP contribution in [0.3, 0.4) is 0 Å². The highest BCUT2D eigenvalue weighted by Crippen LogP contribution is 2.63. The van der Waals surface area contributed by atoms with E-state index in [1.807, 2.05) is 18.2 Å². The number of hydrogen-bond acceptors (Lipinski definition) is 13. The molecule has 17 rings (SSSR count). The number of carbonyl (C=O) groups excluding carboxylic acids is 2. The average molecular weight is 1680 g/mol. The number of hydrogen-bond donors (Lipinski definition) is 0. The Kier molecular flexibility index (Phi) is 28.5. The minimum Gasteiger partial charge on any atom is -0.748 e. The van der Waals surface area contributed by atoms with Gasteiger partial charge in [0.2, 0.25) is 0 Å². The van der Waals surface area contributed by atoms with Crippen LogP contribution < -0.4 is 9.80 Å². The minimum absolute atomic E-state index is 0.0261. The summed E-state index contributed by atoms with van der Waals surface area (Å²) in [6, 6.07) is 72.2. The molecule has 8 bridgehead atoms. The van der Waals surface area contributed by atoms with Crippen molar-refractivity contribution in [2.75, 3.05) is 65.5 Å². The molecule has 10 aliphatic rings. The molecule has 0 amide bonds. The highest BCUT2D eigenvalue weighted by Gasteiger charge is 2.77. The van der Waals surface area contributed by atoms with Gasteiger partial charge in [0, 0.05) is 72.9 Å². The van der Waals surface area contributed by atoms with Crippen molar-refractivity contribution in [3.63, 3.8) is 0 Å². The number of halogens is 12. The SMILES string of the molecule is C[N+](C)(C)Cc1ccccc1.O=C(OC(CS(=O)(=O)[O-])(C(F)(F)F)C(F)(F)F)C12CC3CC(CC(C3)C1)C2.O=C(OC(CS(=O)(=O)[O-])(C(F)(F)F)C(F)(F)F)C12CC3CC(CC(C3)C1)C2.O=S1CCCC1.c1ccc(N(c2ccccc2)c2ccc([S+]3CCCC3)cc2)cc1.c1ccc(N(c2ccccc2)c2ccccc2)cc1. The molecule has 2 aliphatic heterocycles. The van der Waals surface area contributed by atoms with Crippen molar-refractivity contribution < 1.29 is 106 Å². The van der Waals surface area contributed by atoms with E-state index in [1.54, 1.807) is 0 Å². The maximum Gasteiger partial charge on any atom is 0.438 e. The molecule has 0 spiro atoms. The summed E-state index contributed by atoms with van der Waals surface area (Å²) in [5.74, 6) is -4.47. The molecule has 30 heteroatoms. The van der Waals surface area contributed by atoms with Gasteiger partial charge in [-0.05, 0) is 223 Å². The topological polar surface area (TPSA) is 191 Å². The third kappa shape index (κ3) is 22.8. The molecule has 2 heterocycles. The molecule has 8 saturated carbocycles. The molecular formula is C84H95F12N3O11S4. The van der Waals surface area contributed by atoms with E-state index in [0.717, 1.165) is 61.1 Å². The summed E-state index contributed by atoms with van der Waals surface area (Å²) in [4.78, 5) is 31.2. The van der Waals surface area contributed by atoms with Gasteiger partial charge in [0.25, 0.3) is 0 Å². The number of alkyl halides is 12. The summed E-state index contributed by atoms with van der Waals surface area (Å²) in [6.07, 6.45) is -14.8. The normalized spacial score (nSPS) is 23.3. The molecular weight excluding hydrogens is 1580 g/mol. The molecule has 0 N–H and O–H groups in total. The first-order valence-corrected chi connectivity index (χ1v) is 44.1. The zero-order valence-corrected chi connectivity index (χ0v) is 66.6. The smallest absolute Gasteiger partial charge is 0.438 e. The van der Waals surface area contributed by atoms with Crippen molar-refractivity contribution in [3.8, 4) is 0 Å². The van der Waals surface area contributed by atoms with Crippen LogP contribution >= 0.6 is 0 Å². The fourth-order valence-corrected chi connectivity index (χ4v) is 23.2. The quantitative estimate of drug-likeness (QED) is 0.0275. The predicted octanol–water partition coefficient (Wildman–Crippen LogP) is 19.8. The van der Waals surface area contributed by atoms with Gasteiger partial charge in [-0.15, -0.1) is 0 Å². The monoisotopic (exact) mass is 1680 g/mol. The largest absolute Gasteiger partial charge is 0.748 e. The standard InChI is InChI=1S/C22H22NS.C18H15N.2C15H18F6O5S.C10H16N.C4H8OS/c1-3-9-19(10-4-1)23(20-11-5-2-6-12-20)21-13-15-22(16-14-21)24-17-7-8-18-24;1-4-10-16(11-5-1)19(17-12-6-2-7-13-17)18-14-8-3-9-15-18;2*16-14(17,18)13(15(19,20)21,7-27(23,24)25)26-11(22)12-4-8-1-9(5-12)3-10(2-8)6-12;1-11(2,3)9-10-7-5-4-6-8-10;5-6-3-1-2-4-6/h1-6,9-16H,7-8,17-18H2;1-15H;2*8-10H,1-7H2,(H,23,24,25);4-8H,9H2,1-3H3;1-4H2/q+1;;;;+1;/p-2. The second-order valence-corrected chi connectivity index (χ2v) is 38.9. The molecule has 10 fully saturated rings.